The Morgan fingerprint density at radius 1 is 0.906 bits per heavy atom. The van der Waals surface area contributed by atoms with Crippen molar-refractivity contribution in [3.63, 3.8) is 0 Å². The third kappa shape index (κ3) is 2.61. The summed E-state index contributed by atoms with van der Waals surface area (Å²) < 4.78 is 33.7. The molecule has 2 aliphatic heterocycles. The van der Waals surface area contributed by atoms with Crippen LogP contribution < -0.4 is 9.62 Å². The van der Waals surface area contributed by atoms with Gasteiger partial charge in [0.15, 0.2) is 0 Å². The molecule has 2 aliphatic rings. The van der Waals surface area contributed by atoms with Gasteiger partial charge in [0.2, 0.25) is 10.0 Å². The second kappa shape index (κ2) is 7.46. The van der Waals surface area contributed by atoms with Crippen LogP contribution in [0.15, 0.2) is 84.9 Å². The first kappa shape index (κ1) is 20.7. The van der Waals surface area contributed by atoms with E-state index in [0.29, 0.717) is 11.3 Å². The summed E-state index contributed by atoms with van der Waals surface area (Å²) in [5.74, 6) is -1.18. The number of esters is 1. The SMILES string of the molecule is COC(=O)[C@@H]1N[C@H](c2ccccc2)[C@]2(c3ccccc3N(C)S2(=O)=O)[C@H]1c1ccccc1. The largest absolute Gasteiger partial charge is 0.468 e. The monoisotopic (exact) mass is 448 g/mol. The first-order valence-corrected chi connectivity index (χ1v) is 11.9. The molecule has 0 aliphatic carbocycles. The maximum Gasteiger partial charge on any atom is 0.323 e. The molecule has 0 saturated carbocycles. The number of methoxy groups -OCH3 is 1. The van der Waals surface area contributed by atoms with Gasteiger partial charge in [-0.15, -0.1) is 0 Å². The van der Waals surface area contributed by atoms with Gasteiger partial charge in [-0.05, 0) is 17.2 Å². The maximum atomic E-state index is 14.3. The van der Waals surface area contributed by atoms with Gasteiger partial charge in [-0.2, -0.15) is 0 Å². The van der Waals surface area contributed by atoms with Gasteiger partial charge in [0.05, 0.1) is 18.8 Å². The van der Waals surface area contributed by atoms with Gasteiger partial charge in [0.1, 0.15) is 10.8 Å². The number of nitrogens with zero attached hydrogens (tertiary/aromatic N) is 1. The minimum Gasteiger partial charge on any atom is -0.468 e. The summed E-state index contributed by atoms with van der Waals surface area (Å²) in [6.45, 7) is 0. The van der Waals surface area contributed by atoms with Crippen LogP contribution in [0.25, 0.3) is 0 Å². The van der Waals surface area contributed by atoms with Crippen molar-refractivity contribution in [1.29, 1.82) is 0 Å². The van der Waals surface area contributed by atoms with Crippen molar-refractivity contribution >= 4 is 21.7 Å². The molecule has 5 rings (SSSR count). The number of hydrogen-bond acceptors (Lipinski definition) is 5. The summed E-state index contributed by atoms with van der Waals surface area (Å²) in [4.78, 5) is 13.0. The van der Waals surface area contributed by atoms with Crippen LogP contribution in [-0.2, 0) is 24.3 Å². The topological polar surface area (TPSA) is 75.7 Å². The molecule has 3 aromatic rings. The van der Waals surface area contributed by atoms with Crippen molar-refractivity contribution in [3.05, 3.63) is 102 Å². The first-order valence-electron chi connectivity index (χ1n) is 10.5. The van der Waals surface area contributed by atoms with Crippen LogP contribution in [0, 0.1) is 0 Å². The van der Waals surface area contributed by atoms with Gasteiger partial charge in [0, 0.05) is 18.5 Å². The number of fused-ring (bicyclic) bond motifs is 2. The molecule has 164 valence electrons. The third-order valence-electron chi connectivity index (χ3n) is 6.77. The number of nitrogens with one attached hydrogen (secondary N) is 1. The zero-order chi connectivity index (χ0) is 22.5. The molecule has 32 heavy (non-hydrogen) atoms. The molecule has 3 aromatic carbocycles. The van der Waals surface area contributed by atoms with Crippen LogP contribution in [0.4, 0.5) is 5.69 Å². The fourth-order valence-corrected chi connectivity index (χ4v) is 7.87. The minimum atomic E-state index is -3.93. The molecule has 1 fully saturated rings. The Kier molecular flexibility index (Phi) is 4.83. The molecule has 0 amide bonds. The van der Waals surface area contributed by atoms with E-state index in [4.69, 9.17) is 4.74 Å². The quantitative estimate of drug-likeness (QED) is 0.622. The summed E-state index contributed by atoms with van der Waals surface area (Å²) in [5, 5.41) is 3.38. The third-order valence-corrected chi connectivity index (χ3v) is 9.25. The average Bonchev–Trinajstić information content (AvgIpc) is 3.28. The second-order valence-electron chi connectivity index (χ2n) is 8.18. The Morgan fingerprint density at radius 3 is 2.09 bits per heavy atom. The zero-order valence-corrected chi connectivity index (χ0v) is 18.6. The van der Waals surface area contributed by atoms with E-state index in [1.807, 2.05) is 84.9 Å². The highest BCUT2D eigenvalue weighted by Gasteiger charge is 2.70. The van der Waals surface area contributed by atoms with Crippen LogP contribution in [-0.4, -0.2) is 34.6 Å². The summed E-state index contributed by atoms with van der Waals surface area (Å²) >= 11 is 0. The normalized spacial score (nSPS) is 27.9. The van der Waals surface area contributed by atoms with E-state index in [9.17, 15) is 13.2 Å². The Labute approximate surface area is 187 Å². The lowest BCUT2D eigenvalue weighted by Crippen LogP contribution is -2.46. The number of rotatable bonds is 3. The van der Waals surface area contributed by atoms with Crippen molar-refractivity contribution < 1.29 is 17.9 Å². The lowest BCUT2D eigenvalue weighted by Gasteiger charge is -2.36. The number of ether oxygens (including phenoxy) is 1. The summed E-state index contributed by atoms with van der Waals surface area (Å²) in [7, 11) is -1.02. The predicted octanol–water partition coefficient (Wildman–Crippen LogP) is 3.33. The van der Waals surface area contributed by atoms with Gasteiger partial charge in [0.25, 0.3) is 0 Å². The zero-order valence-electron chi connectivity index (χ0n) is 17.8. The van der Waals surface area contributed by atoms with Crippen molar-refractivity contribution in [2.24, 2.45) is 0 Å². The molecule has 2 heterocycles. The highest BCUT2D eigenvalue weighted by atomic mass is 32.2. The van der Waals surface area contributed by atoms with Crippen molar-refractivity contribution in [2.75, 3.05) is 18.5 Å². The molecule has 7 heteroatoms. The lowest BCUT2D eigenvalue weighted by atomic mass is 9.74. The molecule has 1 N–H and O–H groups in total. The van der Waals surface area contributed by atoms with Gasteiger partial charge in [-0.1, -0.05) is 78.9 Å². The molecule has 0 bridgehead atoms. The number of para-hydroxylation sites is 1. The summed E-state index contributed by atoms with van der Waals surface area (Å²) in [6.07, 6.45) is 0. The first-order chi connectivity index (χ1) is 15.4. The van der Waals surface area contributed by atoms with E-state index in [-0.39, 0.29) is 0 Å². The van der Waals surface area contributed by atoms with E-state index in [2.05, 4.69) is 5.32 Å². The Balaban J connectivity index is 1.90. The average molecular weight is 449 g/mol. The second-order valence-corrected chi connectivity index (χ2v) is 10.4. The number of hydrogen-bond donors (Lipinski definition) is 1. The van der Waals surface area contributed by atoms with E-state index >= 15 is 0 Å². The van der Waals surface area contributed by atoms with Crippen LogP contribution in [0.5, 0.6) is 0 Å². The van der Waals surface area contributed by atoms with E-state index in [1.165, 1.54) is 11.4 Å². The standard InChI is InChI=1S/C25H24N2O4S/c1-27-20-16-10-9-15-19(20)25(32(27,29)30)21(17-11-5-3-6-12-17)22(24(28)31-2)26-23(25)18-13-7-4-8-14-18/h3-16,21-23,26H,1-2H3/t21-,22+,23+,25-/m0/s1. The Morgan fingerprint density at radius 2 is 1.47 bits per heavy atom. The van der Waals surface area contributed by atoms with E-state index in [1.54, 1.807) is 7.05 Å². The van der Waals surface area contributed by atoms with Crippen LogP contribution in [0.2, 0.25) is 0 Å². The molecule has 0 unspecified atom stereocenters. The fourth-order valence-electron chi connectivity index (χ4n) is 5.45. The van der Waals surface area contributed by atoms with Gasteiger partial charge in [-0.3, -0.25) is 14.4 Å². The molecular formula is C25H24N2O4S. The van der Waals surface area contributed by atoms with Crippen LogP contribution >= 0.6 is 0 Å². The molecule has 6 nitrogen and oxygen atoms in total. The summed E-state index contributed by atoms with van der Waals surface area (Å²) in [5.41, 5.74) is 2.88. The number of sulfonamides is 1. The van der Waals surface area contributed by atoms with Crippen molar-refractivity contribution in [3.8, 4) is 0 Å². The van der Waals surface area contributed by atoms with Crippen LogP contribution in [0.3, 0.4) is 0 Å². The molecule has 1 saturated heterocycles. The molecule has 1 spiro atoms. The highest BCUT2D eigenvalue weighted by molar-refractivity contribution is 7.94. The number of carbonyl (C=O) groups excluding carboxylic acids is 1. The Bertz CT molecular complexity index is 1260. The van der Waals surface area contributed by atoms with Gasteiger partial charge >= 0.3 is 5.97 Å². The maximum absolute atomic E-state index is 14.3. The van der Waals surface area contributed by atoms with Gasteiger partial charge < -0.3 is 4.74 Å². The van der Waals surface area contributed by atoms with Crippen LogP contribution in [0.1, 0.15) is 28.7 Å². The van der Waals surface area contributed by atoms with E-state index < -0.39 is 38.7 Å². The molecule has 4 atom stereocenters. The molecule has 0 radical (unpaired) electrons. The fraction of sp³-hybridized carbons (Fsp3) is 0.240. The highest BCUT2D eigenvalue weighted by Crippen LogP contribution is 2.63. The van der Waals surface area contributed by atoms with Crippen molar-refractivity contribution in [2.45, 2.75) is 22.7 Å². The van der Waals surface area contributed by atoms with Gasteiger partial charge in [-0.25, -0.2) is 8.42 Å². The molecule has 0 aromatic heterocycles. The van der Waals surface area contributed by atoms with Crippen molar-refractivity contribution in [1.82, 2.24) is 5.32 Å². The Hall–Kier alpha value is -3.16. The smallest absolute Gasteiger partial charge is 0.323 e. The predicted molar refractivity (Wildman–Crippen MR) is 123 cm³/mol. The van der Waals surface area contributed by atoms with E-state index in [0.717, 1.165) is 11.1 Å². The number of anilines is 1. The number of benzene rings is 3. The lowest BCUT2D eigenvalue weighted by molar-refractivity contribution is -0.143. The minimum absolute atomic E-state index is 0.487. The number of carbonyl (C=O) groups is 1. The molecular weight excluding hydrogens is 424 g/mol. The summed E-state index contributed by atoms with van der Waals surface area (Å²) in [6, 6.07) is 24.7.